The van der Waals surface area contributed by atoms with Gasteiger partial charge in [0.05, 0.1) is 6.04 Å². The summed E-state index contributed by atoms with van der Waals surface area (Å²) in [5.41, 5.74) is 1.22. The summed E-state index contributed by atoms with van der Waals surface area (Å²) in [7, 11) is 0. The smallest absolute Gasteiger partial charge is 0.224 e. The van der Waals surface area contributed by atoms with Crippen molar-refractivity contribution in [2.45, 2.75) is 25.3 Å². The molecule has 3 unspecified atom stereocenters. The molecule has 0 radical (unpaired) electrons. The van der Waals surface area contributed by atoms with Crippen LogP contribution in [0.2, 0.25) is 0 Å². The average Bonchev–Trinajstić information content (AvgIpc) is 3.36. The topological polar surface area (TPSA) is 38.3 Å². The largest absolute Gasteiger partial charge is 0.491 e. The fourth-order valence-corrected chi connectivity index (χ4v) is 2.70. The zero-order chi connectivity index (χ0) is 16.2. The molecule has 1 aliphatic rings. The molecular formula is C19H20FNO2. The van der Waals surface area contributed by atoms with Crippen LogP contribution in [0.4, 0.5) is 4.39 Å². The quantitative estimate of drug-likeness (QED) is 0.886. The molecule has 1 N–H and O–H groups in total. The molecule has 0 bridgehead atoms. The van der Waals surface area contributed by atoms with Crippen LogP contribution in [0.3, 0.4) is 0 Å². The third kappa shape index (κ3) is 4.09. The van der Waals surface area contributed by atoms with Gasteiger partial charge in [-0.2, -0.15) is 0 Å². The van der Waals surface area contributed by atoms with Crippen LogP contribution in [0.5, 0.6) is 5.75 Å². The van der Waals surface area contributed by atoms with Crippen LogP contribution in [0.15, 0.2) is 54.6 Å². The summed E-state index contributed by atoms with van der Waals surface area (Å²) in [5, 5.41) is 2.99. The number of halogens is 1. The van der Waals surface area contributed by atoms with E-state index in [4.69, 9.17) is 4.74 Å². The maximum Gasteiger partial charge on any atom is 0.224 e. The SMILES string of the molecule is CC(COc1ccc(F)cc1)NC(=O)C1CC1c1ccccc1. The van der Waals surface area contributed by atoms with Crippen LogP contribution in [0.1, 0.15) is 24.8 Å². The second kappa shape index (κ2) is 6.82. The van der Waals surface area contributed by atoms with E-state index in [1.165, 1.54) is 17.7 Å². The summed E-state index contributed by atoms with van der Waals surface area (Å²) in [6, 6.07) is 15.9. The lowest BCUT2D eigenvalue weighted by Gasteiger charge is -2.15. The van der Waals surface area contributed by atoms with Gasteiger partial charge in [0.2, 0.25) is 5.91 Å². The van der Waals surface area contributed by atoms with E-state index in [1.807, 2.05) is 25.1 Å². The second-order valence-corrected chi connectivity index (χ2v) is 6.03. The van der Waals surface area contributed by atoms with E-state index in [0.29, 0.717) is 18.3 Å². The Morgan fingerprint density at radius 3 is 2.61 bits per heavy atom. The Hall–Kier alpha value is -2.36. The zero-order valence-electron chi connectivity index (χ0n) is 13.0. The summed E-state index contributed by atoms with van der Waals surface area (Å²) in [6.07, 6.45) is 0.904. The molecular weight excluding hydrogens is 293 g/mol. The Labute approximate surface area is 135 Å². The van der Waals surface area contributed by atoms with E-state index >= 15 is 0 Å². The number of rotatable bonds is 6. The van der Waals surface area contributed by atoms with E-state index in [9.17, 15) is 9.18 Å². The number of hydrogen-bond acceptors (Lipinski definition) is 2. The Balaban J connectivity index is 1.44. The fraction of sp³-hybridized carbons (Fsp3) is 0.316. The molecule has 3 atom stereocenters. The lowest BCUT2D eigenvalue weighted by atomic mass is 10.1. The fourth-order valence-electron chi connectivity index (χ4n) is 2.70. The first-order chi connectivity index (χ1) is 11.1. The Kier molecular flexibility index (Phi) is 4.60. The third-order valence-corrected chi connectivity index (χ3v) is 4.06. The predicted octanol–water partition coefficient (Wildman–Crippen LogP) is 3.51. The molecule has 1 saturated carbocycles. The molecule has 2 aromatic carbocycles. The minimum atomic E-state index is -0.292. The van der Waals surface area contributed by atoms with Gasteiger partial charge in [-0.15, -0.1) is 0 Å². The first-order valence-corrected chi connectivity index (χ1v) is 7.87. The lowest BCUT2D eigenvalue weighted by Crippen LogP contribution is -2.37. The molecule has 4 heteroatoms. The van der Waals surface area contributed by atoms with E-state index in [-0.39, 0.29) is 23.7 Å². The van der Waals surface area contributed by atoms with Gasteiger partial charge in [-0.1, -0.05) is 30.3 Å². The highest BCUT2D eigenvalue weighted by molar-refractivity contribution is 5.83. The molecule has 3 rings (SSSR count). The summed E-state index contributed by atoms with van der Waals surface area (Å²) in [5.74, 6) is 0.779. The van der Waals surface area contributed by atoms with Gasteiger partial charge in [0.25, 0.3) is 0 Å². The van der Waals surface area contributed by atoms with Gasteiger partial charge in [-0.05, 0) is 49.1 Å². The van der Waals surface area contributed by atoms with Gasteiger partial charge < -0.3 is 10.1 Å². The number of benzene rings is 2. The van der Waals surface area contributed by atoms with E-state index < -0.39 is 0 Å². The molecule has 0 heterocycles. The van der Waals surface area contributed by atoms with Crippen molar-refractivity contribution in [2.24, 2.45) is 5.92 Å². The molecule has 0 aliphatic heterocycles. The van der Waals surface area contributed by atoms with Gasteiger partial charge in [-0.3, -0.25) is 4.79 Å². The Bertz CT molecular complexity index is 657. The highest BCUT2D eigenvalue weighted by Crippen LogP contribution is 2.47. The molecule has 0 spiro atoms. The maximum atomic E-state index is 12.8. The number of carbonyl (C=O) groups excluding carboxylic acids is 1. The highest BCUT2D eigenvalue weighted by Gasteiger charge is 2.43. The molecule has 0 saturated heterocycles. The monoisotopic (exact) mass is 313 g/mol. The Morgan fingerprint density at radius 2 is 1.91 bits per heavy atom. The molecule has 120 valence electrons. The molecule has 3 nitrogen and oxygen atoms in total. The van der Waals surface area contributed by atoms with Gasteiger partial charge in [0.15, 0.2) is 0 Å². The summed E-state index contributed by atoms with van der Waals surface area (Å²) in [6.45, 7) is 2.27. The predicted molar refractivity (Wildman–Crippen MR) is 86.8 cm³/mol. The number of ether oxygens (including phenoxy) is 1. The molecule has 2 aromatic rings. The minimum absolute atomic E-state index is 0.0608. The zero-order valence-corrected chi connectivity index (χ0v) is 13.0. The van der Waals surface area contributed by atoms with E-state index in [0.717, 1.165) is 6.42 Å². The normalized spacial score (nSPS) is 20.6. The molecule has 0 aromatic heterocycles. The number of amides is 1. The first-order valence-electron chi connectivity index (χ1n) is 7.87. The first kappa shape index (κ1) is 15.5. The van der Waals surface area contributed by atoms with Crippen molar-refractivity contribution in [3.63, 3.8) is 0 Å². The maximum absolute atomic E-state index is 12.8. The summed E-state index contributed by atoms with van der Waals surface area (Å²) < 4.78 is 18.4. The molecule has 23 heavy (non-hydrogen) atoms. The van der Waals surface area contributed by atoms with Gasteiger partial charge in [-0.25, -0.2) is 4.39 Å². The summed E-state index contributed by atoms with van der Waals surface area (Å²) in [4.78, 5) is 12.2. The van der Waals surface area contributed by atoms with E-state index in [1.54, 1.807) is 12.1 Å². The van der Waals surface area contributed by atoms with E-state index in [2.05, 4.69) is 17.4 Å². The van der Waals surface area contributed by atoms with Gasteiger partial charge in [0.1, 0.15) is 18.2 Å². The van der Waals surface area contributed by atoms with Crippen molar-refractivity contribution in [1.29, 1.82) is 0 Å². The third-order valence-electron chi connectivity index (χ3n) is 4.06. The molecule has 1 aliphatic carbocycles. The average molecular weight is 313 g/mol. The number of nitrogens with one attached hydrogen (secondary N) is 1. The van der Waals surface area contributed by atoms with Crippen LogP contribution in [-0.2, 0) is 4.79 Å². The van der Waals surface area contributed by atoms with Gasteiger partial charge in [0, 0.05) is 5.92 Å². The Morgan fingerprint density at radius 1 is 1.22 bits per heavy atom. The van der Waals surface area contributed by atoms with Crippen molar-refractivity contribution < 1.29 is 13.9 Å². The van der Waals surface area contributed by atoms with Crippen molar-refractivity contribution in [1.82, 2.24) is 5.32 Å². The number of hydrogen-bond donors (Lipinski definition) is 1. The highest BCUT2D eigenvalue weighted by atomic mass is 19.1. The van der Waals surface area contributed by atoms with Crippen molar-refractivity contribution in [2.75, 3.05) is 6.61 Å². The number of carbonyl (C=O) groups is 1. The molecule has 1 fully saturated rings. The van der Waals surface area contributed by atoms with Crippen LogP contribution in [0.25, 0.3) is 0 Å². The van der Waals surface area contributed by atoms with Gasteiger partial charge >= 0.3 is 0 Å². The lowest BCUT2D eigenvalue weighted by molar-refractivity contribution is -0.123. The van der Waals surface area contributed by atoms with Crippen molar-refractivity contribution in [3.8, 4) is 5.75 Å². The van der Waals surface area contributed by atoms with Crippen LogP contribution in [0, 0.1) is 11.7 Å². The molecule has 1 amide bonds. The van der Waals surface area contributed by atoms with Crippen molar-refractivity contribution >= 4 is 5.91 Å². The van der Waals surface area contributed by atoms with Crippen molar-refractivity contribution in [3.05, 3.63) is 66.0 Å². The minimum Gasteiger partial charge on any atom is -0.491 e. The summed E-state index contributed by atoms with van der Waals surface area (Å²) >= 11 is 0. The van der Waals surface area contributed by atoms with Crippen LogP contribution >= 0.6 is 0 Å². The van der Waals surface area contributed by atoms with Crippen LogP contribution in [-0.4, -0.2) is 18.6 Å². The second-order valence-electron chi connectivity index (χ2n) is 6.03. The van der Waals surface area contributed by atoms with Crippen LogP contribution < -0.4 is 10.1 Å². The standard InChI is InChI=1S/C19H20FNO2/c1-13(12-23-16-9-7-15(20)8-10-16)21-19(22)18-11-17(18)14-5-3-2-4-6-14/h2-10,13,17-18H,11-12H2,1H3,(H,21,22).